The molecule has 26 heavy (non-hydrogen) atoms. The first-order valence-corrected chi connectivity index (χ1v) is 9.18. The number of hydrogen-bond donors (Lipinski definition) is 0. The molecule has 0 amide bonds. The van der Waals surface area contributed by atoms with Gasteiger partial charge in [-0.05, 0) is 32.8 Å². The molecule has 0 aliphatic heterocycles. The summed E-state index contributed by atoms with van der Waals surface area (Å²) in [6, 6.07) is 6.20. The molecule has 2 bridgehead atoms. The van der Waals surface area contributed by atoms with Gasteiger partial charge in [0.1, 0.15) is 11.5 Å². The Hall–Kier alpha value is -2.55. The van der Waals surface area contributed by atoms with Gasteiger partial charge in [0, 0.05) is 39.3 Å². The Bertz CT molecular complexity index is 981. The highest BCUT2D eigenvalue weighted by atomic mass is 16.5. The number of allylic oxidation sites excluding steroid dienone is 2. The predicted octanol–water partition coefficient (Wildman–Crippen LogP) is 5.56. The van der Waals surface area contributed by atoms with Crippen LogP contribution in [-0.4, -0.2) is 13.1 Å². The number of carbonyl (C=O) groups is 1. The van der Waals surface area contributed by atoms with Crippen molar-refractivity contribution in [2.45, 2.75) is 45.4 Å². The molecule has 2 aromatic rings. The number of rotatable bonds is 4. The summed E-state index contributed by atoms with van der Waals surface area (Å²) < 4.78 is 11.8. The lowest BCUT2D eigenvalue weighted by atomic mass is 9.85. The standard InChI is InChI=1S/C23H24O3/c1-6-14-10-15-11-17(14)20-19(15)21(25-5)18-9-13(4)7-8-16(18)22(20)26-23(24)12(2)3/h7-10,15,17H,2,6,11H2,1,3-5H3. The second-order valence-corrected chi connectivity index (χ2v) is 7.40. The summed E-state index contributed by atoms with van der Waals surface area (Å²) in [4.78, 5) is 12.4. The number of esters is 1. The quantitative estimate of drug-likeness (QED) is 0.314. The second-order valence-electron chi connectivity index (χ2n) is 7.40. The van der Waals surface area contributed by atoms with E-state index in [1.165, 1.54) is 11.1 Å². The predicted molar refractivity (Wildman–Crippen MR) is 104 cm³/mol. The van der Waals surface area contributed by atoms with Crippen molar-refractivity contribution in [1.82, 2.24) is 0 Å². The van der Waals surface area contributed by atoms with E-state index < -0.39 is 0 Å². The van der Waals surface area contributed by atoms with Crippen LogP contribution in [0.2, 0.25) is 0 Å². The van der Waals surface area contributed by atoms with Gasteiger partial charge in [0.05, 0.1) is 7.11 Å². The molecule has 3 heteroatoms. The van der Waals surface area contributed by atoms with Crippen molar-refractivity contribution in [2.75, 3.05) is 7.11 Å². The molecule has 2 aliphatic rings. The average molecular weight is 348 g/mol. The second kappa shape index (κ2) is 6.01. The molecule has 2 aliphatic carbocycles. The Morgan fingerprint density at radius 2 is 2.00 bits per heavy atom. The number of fused-ring (bicyclic) bond motifs is 6. The Kier molecular flexibility index (Phi) is 3.91. The van der Waals surface area contributed by atoms with Gasteiger partial charge >= 0.3 is 5.97 Å². The van der Waals surface area contributed by atoms with E-state index in [1.54, 1.807) is 14.0 Å². The van der Waals surface area contributed by atoms with Gasteiger partial charge < -0.3 is 9.47 Å². The molecule has 0 heterocycles. The van der Waals surface area contributed by atoms with Crippen molar-refractivity contribution in [3.05, 3.63) is 58.7 Å². The Morgan fingerprint density at radius 1 is 1.23 bits per heavy atom. The van der Waals surface area contributed by atoms with Crippen LogP contribution in [-0.2, 0) is 4.79 Å². The fraction of sp³-hybridized carbons (Fsp3) is 0.348. The zero-order valence-corrected chi connectivity index (χ0v) is 15.8. The molecule has 0 radical (unpaired) electrons. The van der Waals surface area contributed by atoms with Crippen LogP contribution in [0.1, 0.15) is 55.2 Å². The normalized spacial score (nSPS) is 20.1. The fourth-order valence-corrected chi connectivity index (χ4v) is 4.52. The van der Waals surface area contributed by atoms with E-state index in [1.807, 2.05) is 6.07 Å². The minimum absolute atomic E-state index is 0.313. The molecular formula is C23H24O3. The summed E-state index contributed by atoms with van der Waals surface area (Å²) in [6.07, 6.45) is 4.44. The van der Waals surface area contributed by atoms with Crippen molar-refractivity contribution in [3.63, 3.8) is 0 Å². The lowest BCUT2D eigenvalue weighted by Crippen LogP contribution is -2.13. The summed E-state index contributed by atoms with van der Waals surface area (Å²) in [7, 11) is 1.73. The summed E-state index contributed by atoms with van der Waals surface area (Å²) in [5, 5.41) is 1.94. The third-order valence-corrected chi connectivity index (χ3v) is 5.67. The average Bonchev–Trinajstić information content (AvgIpc) is 3.19. The van der Waals surface area contributed by atoms with Gasteiger partial charge in [-0.1, -0.05) is 42.8 Å². The van der Waals surface area contributed by atoms with Crippen LogP contribution < -0.4 is 9.47 Å². The SMILES string of the molecule is C=C(C)C(=O)Oc1c2c(c(OC)c3cc(C)ccc13)C1C=C(CC)C2C1. The third kappa shape index (κ3) is 2.30. The van der Waals surface area contributed by atoms with Crippen molar-refractivity contribution in [1.29, 1.82) is 0 Å². The van der Waals surface area contributed by atoms with Crippen LogP contribution in [0.15, 0.2) is 42.0 Å². The fourth-order valence-electron chi connectivity index (χ4n) is 4.52. The van der Waals surface area contributed by atoms with Gasteiger partial charge in [-0.3, -0.25) is 0 Å². The topological polar surface area (TPSA) is 35.5 Å². The first-order chi connectivity index (χ1) is 12.5. The number of carbonyl (C=O) groups excluding carboxylic acids is 1. The van der Waals surface area contributed by atoms with Crippen LogP contribution in [0.3, 0.4) is 0 Å². The van der Waals surface area contributed by atoms with Gasteiger partial charge in [-0.15, -0.1) is 0 Å². The maximum Gasteiger partial charge on any atom is 0.338 e. The molecular weight excluding hydrogens is 324 g/mol. The van der Waals surface area contributed by atoms with E-state index in [0.717, 1.165) is 40.5 Å². The lowest BCUT2D eigenvalue weighted by Gasteiger charge is -2.24. The minimum Gasteiger partial charge on any atom is -0.496 e. The Labute approximate surface area is 154 Å². The van der Waals surface area contributed by atoms with Crippen LogP contribution in [0.5, 0.6) is 11.5 Å². The highest BCUT2D eigenvalue weighted by Gasteiger charge is 2.43. The van der Waals surface area contributed by atoms with E-state index >= 15 is 0 Å². The Balaban J connectivity index is 2.05. The summed E-state index contributed by atoms with van der Waals surface area (Å²) in [5.74, 6) is 1.90. The van der Waals surface area contributed by atoms with Crippen LogP contribution >= 0.6 is 0 Å². The first kappa shape index (κ1) is 16.9. The van der Waals surface area contributed by atoms with Gasteiger partial charge in [0.15, 0.2) is 0 Å². The molecule has 3 nitrogen and oxygen atoms in total. The van der Waals surface area contributed by atoms with Crippen LogP contribution in [0.4, 0.5) is 0 Å². The van der Waals surface area contributed by atoms with E-state index in [2.05, 4.69) is 38.6 Å². The van der Waals surface area contributed by atoms with Gasteiger partial charge in [-0.2, -0.15) is 0 Å². The highest BCUT2D eigenvalue weighted by molar-refractivity contribution is 6.00. The number of hydrogen-bond acceptors (Lipinski definition) is 3. The smallest absolute Gasteiger partial charge is 0.338 e. The van der Waals surface area contributed by atoms with Crippen LogP contribution in [0, 0.1) is 6.92 Å². The monoisotopic (exact) mass is 348 g/mol. The number of benzene rings is 2. The van der Waals surface area contributed by atoms with Crippen molar-refractivity contribution >= 4 is 16.7 Å². The summed E-state index contributed by atoms with van der Waals surface area (Å²) in [5.41, 5.74) is 5.32. The van der Waals surface area contributed by atoms with Crippen molar-refractivity contribution in [2.24, 2.45) is 0 Å². The maximum absolute atomic E-state index is 12.4. The van der Waals surface area contributed by atoms with Gasteiger partial charge in [0.25, 0.3) is 0 Å². The summed E-state index contributed by atoms with van der Waals surface area (Å²) in [6.45, 7) is 9.67. The molecule has 2 aromatic carbocycles. The molecule has 2 atom stereocenters. The molecule has 0 saturated heterocycles. The molecule has 4 rings (SSSR count). The first-order valence-electron chi connectivity index (χ1n) is 9.18. The van der Waals surface area contributed by atoms with Crippen molar-refractivity contribution < 1.29 is 14.3 Å². The minimum atomic E-state index is -0.371. The van der Waals surface area contributed by atoms with Gasteiger partial charge in [0.2, 0.25) is 0 Å². The van der Waals surface area contributed by atoms with Crippen LogP contribution in [0.25, 0.3) is 10.8 Å². The molecule has 0 aromatic heterocycles. The highest BCUT2D eigenvalue weighted by Crippen LogP contribution is 2.61. The summed E-state index contributed by atoms with van der Waals surface area (Å²) >= 11 is 0. The number of ether oxygens (including phenoxy) is 2. The molecule has 0 spiro atoms. The zero-order chi connectivity index (χ0) is 18.6. The van der Waals surface area contributed by atoms with E-state index in [0.29, 0.717) is 23.2 Å². The maximum atomic E-state index is 12.4. The van der Waals surface area contributed by atoms with E-state index in [9.17, 15) is 4.79 Å². The molecule has 0 N–H and O–H groups in total. The van der Waals surface area contributed by atoms with E-state index in [-0.39, 0.29) is 5.97 Å². The molecule has 0 saturated carbocycles. The van der Waals surface area contributed by atoms with E-state index in [4.69, 9.17) is 9.47 Å². The van der Waals surface area contributed by atoms with Crippen molar-refractivity contribution in [3.8, 4) is 11.5 Å². The molecule has 2 unspecified atom stereocenters. The number of aryl methyl sites for hydroxylation is 1. The van der Waals surface area contributed by atoms with Gasteiger partial charge in [-0.25, -0.2) is 4.79 Å². The third-order valence-electron chi connectivity index (χ3n) is 5.67. The molecule has 0 fully saturated rings. The Morgan fingerprint density at radius 3 is 2.65 bits per heavy atom. The number of methoxy groups -OCH3 is 1. The lowest BCUT2D eigenvalue weighted by molar-refractivity contribution is -0.130. The largest absolute Gasteiger partial charge is 0.496 e. The molecule has 134 valence electrons. The zero-order valence-electron chi connectivity index (χ0n) is 15.8.